The smallest absolute Gasteiger partial charge is 0.213 e. The van der Waals surface area contributed by atoms with Crippen LogP contribution < -0.4 is 10.6 Å². The summed E-state index contributed by atoms with van der Waals surface area (Å²) in [6.07, 6.45) is 2.61. The van der Waals surface area contributed by atoms with Gasteiger partial charge in [0, 0.05) is 24.6 Å². The lowest BCUT2D eigenvalue weighted by atomic mass is 9.94. The van der Waals surface area contributed by atoms with E-state index in [4.69, 9.17) is 8.94 Å². The zero-order valence-electron chi connectivity index (χ0n) is 15.8. The van der Waals surface area contributed by atoms with Crippen molar-refractivity contribution in [3.05, 3.63) is 34.9 Å². The minimum Gasteiger partial charge on any atom is -0.443 e. The van der Waals surface area contributed by atoms with Crippen molar-refractivity contribution < 1.29 is 8.94 Å². The molecule has 0 aromatic carbocycles. The molecule has 8 heteroatoms. The normalized spacial score (nSPS) is 12.0. The van der Waals surface area contributed by atoms with Gasteiger partial charge in [0.1, 0.15) is 11.5 Å². The van der Waals surface area contributed by atoms with Gasteiger partial charge in [0.05, 0.1) is 18.4 Å². The fraction of sp³-hybridized carbons (Fsp3) is 0.588. The lowest BCUT2D eigenvalue weighted by molar-refractivity contribution is 0.379. The van der Waals surface area contributed by atoms with Crippen LogP contribution in [0.5, 0.6) is 0 Å². The Balaban J connectivity index is 0.00000312. The number of oxazole rings is 1. The van der Waals surface area contributed by atoms with E-state index in [2.05, 4.69) is 46.5 Å². The molecule has 0 amide bonds. The molecule has 0 spiro atoms. The van der Waals surface area contributed by atoms with Crippen LogP contribution in [0.4, 0.5) is 0 Å². The first-order chi connectivity index (χ1) is 11.3. The van der Waals surface area contributed by atoms with Gasteiger partial charge in [0.2, 0.25) is 5.89 Å². The molecule has 2 rings (SSSR count). The standard InChI is InChI=1S/C17H27N5O2.HI/c1-11-13(12(2)24-22-11)7-8-19-16(18-6)21-10-15-20-9-14(23-15)17(3,4)5;/h9H,7-8,10H2,1-6H3,(H2,18,19,21);1H. The second kappa shape index (κ2) is 9.21. The highest BCUT2D eigenvalue weighted by molar-refractivity contribution is 14.0. The molecule has 0 aliphatic rings. The Morgan fingerprint density at radius 2 is 1.96 bits per heavy atom. The Kier molecular flexibility index (Phi) is 7.91. The molecular formula is C17H28IN5O2. The van der Waals surface area contributed by atoms with Crippen molar-refractivity contribution >= 4 is 29.9 Å². The van der Waals surface area contributed by atoms with E-state index < -0.39 is 0 Å². The molecular weight excluding hydrogens is 433 g/mol. The predicted octanol–water partition coefficient (Wildman–Crippen LogP) is 3.10. The molecule has 2 aromatic rings. The molecule has 0 bridgehead atoms. The number of guanidine groups is 1. The monoisotopic (exact) mass is 461 g/mol. The lowest BCUT2D eigenvalue weighted by Gasteiger charge is -2.13. The molecule has 0 radical (unpaired) electrons. The first kappa shape index (κ1) is 21.5. The fourth-order valence-corrected chi connectivity index (χ4v) is 2.28. The number of nitrogens with zero attached hydrogens (tertiary/aromatic N) is 3. The van der Waals surface area contributed by atoms with Gasteiger partial charge in [0.15, 0.2) is 5.96 Å². The second-order valence-corrected chi connectivity index (χ2v) is 6.77. The van der Waals surface area contributed by atoms with Crippen LogP contribution >= 0.6 is 24.0 Å². The van der Waals surface area contributed by atoms with Crippen LogP contribution in [0.25, 0.3) is 0 Å². The number of halogens is 1. The summed E-state index contributed by atoms with van der Waals surface area (Å²) >= 11 is 0. The quantitative estimate of drug-likeness (QED) is 0.404. The molecule has 0 saturated carbocycles. The molecule has 0 fully saturated rings. The third-order valence-electron chi connectivity index (χ3n) is 3.77. The average molecular weight is 461 g/mol. The van der Waals surface area contributed by atoms with Crippen LogP contribution in [0.1, 0.15) is 49.4 Å². The van der Waals surface area contributed by atoms with Crippen LogP contribution in [0, 0.1) is 13.8 Å². The molecule has 0 atom stereocenters. The molecule has 7 nitrogen and oxygen atoms in total. The molecule has 25 heavy (non-hydrogen) atoms. The fourth-order valence-electron chi connectivity index (χ4n) is 2.28. The van der Waals surface area contributed by atoms with Crippen molar-refractivity contribution in [2.24, 2.45) is 4.99 Å². The molecule has 2 heterocycles. The van der Waals surface area contributed by atoms with Gasteiger partial charge in [0.25, 0.3) is 0 Å². The van der Waals surface area contributed by atoms with Crippen molar-refractivity contribution in [2.45, 2.75) is 53.0 Å². The van der Waals surface area contributed by atoms with Gasteiger partial charge in [-0.25, -0.2) is 4.98 Å². The Labute approximate surface area is 166 Å². The molecule has 2 aromatic heterocycles. The Hall–Kier alpha value is -1.58. The highest BCUT2D eigenvalue weighted by Gasteiger charge is 2.19. The Morgan fingerprint density at radius 1 is 1.24 bits per heavy atom. The minimum atomic E-state index is -0.0421. The maximum atomic E-state index is 5.76. The molecule has 2 N–H and O–H groups in total. The predicted molar refractivity (Wildman–Crippen MR) is 109 cm³/mol. The molecule has 140 valence electrons. The van der Waals surface area contributed by atoms with Gasteiger partial charge in [-0.15, -0.1) is 24.0 Å². The Bertz CT molecular complexity index is 681. The van der Waals surface area contributed by atoms with Gasteiger partial charge in [-0.3, -0.25) is 4.99 Å². The summed E-state index contributed by atoms with van der Waals surface area (Å²) in [5, 5.41) is 10.4. The first-order valence-electron chi connectivity index (χ1n) is 8.12. The zero-order valence-corrected chi connectivity index (χ0v) is 18.1. The van der Waals surface area contributed by atoms with E-state index in [0.29, 0.717) is 18.4 Å². The summed E-state index contributed by atoms with van der Waals surface area (Å²) in [5.74, 6) is 3.10. The lowest BCUT2D eigenvalue weighted by Crippen LogP contribution is -2.38. The van der Waals surface area contributed by atoms with Crippen LogP contribution in [0.3, 0.4) is 0 Å². The van der Waals surface area contributed by atoms with E-state index in [1.54, 1.807) is 13.2 Å². The van der Waals surface area contributed by atoms with E-state index >= 15 is 0 Å². The largest absolute Gasteiger partial charge is 0.443 e. The second-order valence-electron chi connectivity index (χ2n) is 6.77. The molecule has 0 saturated heterocycles. The third kappa shape index (κ3) is 6.02. The number of aromatic nitrogens is 2. The molecule has 0 unspecified atom stereocenters. The van der Waals surface area contributed by atoms with Crippen LogP contribution in [0.15, 0.2) is 20.1 Å². The van der Waals surface area contributed by atoms with Crippen LogP contribution in [-0.4, -0.2) is 29.7 Å². The SMILES string of the molecule is CN=C(NCCc1c(C)noc1C)NCc1ncc(C(C)(C)C)o1.I. The van der Waals surface area contributed by atoms with E-state index in [9.17, 15) is 0 Å². The van der Waals surface area contributed by atoms with E-state index in [1.807, 2.05) is 13.8 Å². The number of hydrogen-bond acceptors (Lipinski definition) is 5. The summed E-state index contributed by atoms with van der Waals surface area (Å²) in [6, 6.07) is 0. The summed E-state index contributed by atoms with van der Waals surface area (Å²) < 4.78 is 10.9. The number of aryl methyl sites for hydroxylation is 2. The summed E-state index contributed by atoms with van der Waals surface area (Å²) in [6.45, 7) is 11.4. The van der Waals surface area contributed by atoms with Crippen molar-refractivity contribution in [1.29, 1.82) is 0 Å². The van der Waals surface area contributed by atoms with Crippen LogP contribution in [0.2, 0.25) is 0 Å². The van der Waals surface area contributed by atoms with E-state index in [-0.39, 0.29) is 29.4 Å². The number of nitrogens with one attached hydrogen (secondary N) is 2. The zero-order chi connectivity index (χ0) is 17.7. The number of rotatable bonds is 5. The van der Waals surface area contributed by atoms with Crippen molar-refractivity contribution in [2.75, 3.05) is 13.6 Å². The number of hydrogen-bond donors (Lipinski definition) is 2. The third-order valence-corrected chi connectivity index (χ3v) is 3.77. The topological polar surface area (TPSA) is 88.5 Å². The van der Waals surface area contributed by atoms with Gasteiger partial charge < -0.3 is 19.6 Å². The van der Waals surface area contributed by atoms with Gasteiger partial charge in [-0.05, 0) is 20.3 Å². The highest BCUT2D eigenvalue weighted by atomic mass is 127. The maximum Gasteiger partial charge on any atom is 0.213 e. The first-order valence-corrected chi connectivity index (χ1v) is 8.12. The van der Waals surface area contributed by atoms with Crippen molar-refractivity contribution in [1.82, 2.24) is 20.8 Å². The summed E-state index contributed by atoms with van der Waals surface area (Å²) in [4.78, 5) is 8.51. The van der Waals surface area contributed by atoms with Gasteiger partial charge in [-0.1, -0.05) is 25.9 Å². The van der Waals surface area contributed by atoms with Crippen molar-refractivity contribution in [3.63, 3.8) is 0 Å². The maximum absolute atomic E-state index is 5.76. The van der Waals surface area contributed by atoms with Crippen molar-refractivity contribution in [3.8, 4) is 0 Å². The van der Waals surface area contributed by atoms with Gasteiger partial charge in [-0.2, -0.15) is 0 Å². The minimum absolute atomic E-state index is 0. The van der Waals surface area contributed by atoms with Crippen LogP contribution in [-0.2, 0) is 18.4 Å². The molecule has 0 aliphatic heterocycles. The summed E-state index contributed by atoms with van der Waals surface area (Å²) in [5.41, 5.74) is 2.03. The number of aliphatic imine (C=N–C) groups is 1. The average Bonchev–Trinajstić information content (AvgIpc) is 3.11. The Morgan fingerprint density at radius 3 is 2.48 bits per heavy atom. The van der Waals surface area contributed by atoms with E-state index in [1.165, 1.54) is 0 Å². The highest BCUT2D eigenvalue weighted by Crippen LogP contribution is 2.22. The summed E-state index contributed by atoms with van der Waals surface area (Å²) in [7, 11) is 1.74. The van der Waals surface area contributed by atoms with Gasteiger partial charge >= 0.3 is 0 Å². The molecule has 0 aliphatic carbocycles. The van der Waals surface area contributed by atoms with E-state index in [0.717, 1.165) is 35.7 Å².